The second kappa shape index (κ2) is 19.8. The summed E-state index contributed by atoms with van der Waals surface area (Å²) >= 11 is 0. The van der Waals surface area contributed by atoms with E-state index in [0.717, 1.165) is 76.5 Å². The first-order valence-corrected chi connectivity index (χ1v) is 25.5. The summed E-state index contributed by atoms with van der Waals surface area (Å²) in [5.41, 5.74) is -0.850. The SMILES string of the molecule is CC1(C)CB2OCC(CC(C)(C)CB3OCC(CC4(C)CB5OCC(CC(C)(C)CC6COB(CC(C)(C)CB7OCC(CC(C)(CC8COB(C1)O8)CC1COB(C4)O1)O7)O6)O5)O3)O2. The van der Waals surface area contributed by atoms with E-state index in [4.69, 9.17) is 65.2 Å². The normalized spacial score (nSPS) is 40.7. The Hall–Kier alpha value is -0.105. The third kappa shape index (κ3) is 13.9. The van der Waals surface area contributed by atoms with E-state index in [0.29, 0.717) is 58.9 Å². The minimum atomic E-state index is -0.371. The Kier molecular flexibility index (Phi) is 15.2. The molecule has 21 heteroatoms. The van der Waals surface area contributed by atoms with Crippen LogP contribution in [0.2, 0.25) is 44.2 Å². The molecule has 0 amide bonds. The highest BCUT2D eigenvalue weighted by Gasteiger charge is 2.51. The molecular weight excluding hydrogens is 828 g/mol. The van der Waals surface area contributed by atoms with Crippen LogP contribution in [-0.4, -0.2) is 139 Å². The lowest BCUT2D eigenvalue weighted by Crippen LogP contribution is -2.37. The topological polar surface area (TPSA) is 129 Å². The third-order valence-corrected chi connectivity index (χ3v) is 15.8. The van der Waals surface area contributed by atoms with Crippen molar-refractivity contribution in [1.29, 1.82) is 0 Å². The van der Waals surface area contributed by atoms with Gasteiger partial charge in [-0.25, -0.2) is 0 Å². The van der Waals surface area contributed by atoms with Gasteiger partial charge in [0.25, 0.3) is 0 Å². The molecule has 9 rings (SSSR count). The smallest absolute Gasteiger partial charge is 0.408 e. The molecule has 0 spiro atoms. The summed E-state index contributed by atoms with van der Waals surface area (Å²) in [4.78, 5) is 0. The highest BCUT2D eigenvalue weighted by Crippen LogP contribution is 2.47. The van der Waals surface area contributed by atoms with Crippen molar-refractivity contribution < 1.29 is 65.2 Å². The van der Waals surface area contributed by atoms with E-state index in [9.17, 15) is 0 Å². The van der Waals surface area contributed by atoms with Gasteiger partial charge in [0.15, 0.2) is 0 Å². The van der Waals surface area contributed by atoms with E-state index < -0.39 is 0 Å². The van der Waals surface area contributed by atoms with E-state index in [-0.39, 0.29) is 125 Å². The van der Waals surface area contributed by atoms with E-state index in [1.54, 1.807) is 0 Å². The number of rotatable bonds is 0. The zero-order valence-electron chi connectivity index (χ0n) is 41.6. The van der Waals surface area contributed by atoms with Gasteiger partial charge in [-0.1, -0.05) is 69.2 Å². The summed E-state index contributed by atoms with van der Waals surface area (Å²) in [5.74, 6) is 0. The Morgan fingerprint density at radius 1 is 0.246 bits per heavy atom. The van der Waals surface area contributed by atoms with E-state index in [1.807, 2.05) is 0 Å². The molecule has 0 radical (unpaired) electrons. The predicted octanol–water partition coefficient (Wildman–Crippen LogP) is 7.19. The summed E-state index contributed by atoms with van der Waals surface area (Å²) in [7, 11) is -2.11. The van der Waals surface area contributed by atoms with Crippen LogP contribution in [0.1, 0.15) is 114 Å². The van der Waals surface area contributed by atoms with Gasteiger partial charge in [0.1, 0.15) is 0 Å². The zero-order chi connectivity index (χ0) is 45.8. The van der Waals surface area contributed by atoms with Crippen LogP contribution in [0.25, 0.3) is 0 Å². The molecule has 0 N–H and O–H groups in total. The first-order chi connectivity index (χ1) is 30.6. The predicted molar refractivity (Wildman–Crippen MR) is 253 cm³/mol. The van der Waals surface area contributed by atoms with Crippen molar-refractivity contribution >= 4 is 49.8 Å². The van der Waals surface area contributed by atoms with Gasteiger partial charge in [-0.3, -0.25) is 0 Å². The minimum absolute atomic E-state index is 0.00893. The molecule has 9 aliphatic heterocycles. The van der Waals surface area contributed by atoms with Crippen molar-refractivity contribution in [1.82, 2.24) is 0 Å². The average Bonchev–Trinajstić information content (AvgIpc) is 4.03. The molecule has 65 heavy (non-hydrogen) atoms. The summed E-state index contributed by atoms with van der Waals surface area (Å²) in [6.07, 6.45) is 10.7. The maximum Gasteiger partial charge on any atom is 0.457 e. The lowest BCUT2D eigenvalue weighted by molar-refractivity contribution is 0.0528. The van der Waals surface area contributed by atoms with Crippen molar-refractivity contribution in [2.24, 2.45) is 32.5 Å². The Morgan fingerprint density at radius 2 is 0.462 bits per heavy atom. The quantitative estimate of drug-likeness (QED) is 0.228. The molecule has 9 unspecified atom stereocenters. The van der Waals surface area contributed by atoms with Crippen LogP contribution in [-0.2, 0) is 65.2 Å². The highest BCUT2D eigenvalue weighted by atomic mass is 16.7. The van der Waals surface area contributed by atoms with Crippen molar-refractivity contribution in [2.75, 3.05) is 46.2 Å². The van der Waals surface area contributed by atoms with Gasteiger partial charge >= 0.3 is 49.8 Å². The van der Waals surface area contributed by atoms with Crippen LogP contribution in [0, 0.1) is 32.5 Å². The molecule has 0 aromatic heterocycles. The lowest BCUT2D eigenvalue weighted by Gasteiger charge is -2.36. The lowest BCUT2D eigenvalue weighted by atomic mass is 9.58. The molecule has 0 aromatic rings. The monoisotopic (exact) mass is 909 g/mol. The van der Waals surface area contributed by atoms with Crippen LogP contribution >= 0.6 is 0 Å². The molecule has 9 saturated heterocycles. The van der Waals surface area contributed by atoms with Gasteiger partial charge in [-0.05, 0) is 122 Å². The summed E-state index contributed by atoms with van der Waals surface area (Å²) in [6, 6.07) is 0. The zero-order valence-corrected chi connectivity index (χ0v) is 41.6. The summed E-state index contributed by atoms with van der Waals surface area (Å²) in [5, 5.41) is 0. The van der Waals surface area contributed by atoms with Gasteiger partial charge < -0.3 is 65.2 Å². The number of hydrogen-bond acceptors (Lipinski definition) is 14. The largest absolute Gasteiger partial charge is 0.457 e. The standard InChI is InChI=1S/C44H79B7O14/c1-39(2)11-32-18-52-46(59-32)26-41(5,6)28-48-55-21-35(62-48)14-43(9)15-36-22-56-49(63-36)29-42(7,8)27-47-53-20-34(60-47)13-40(3,4)25-45-54-24-38(64-45)17-44(10,30-50-57-19-33(12-39)61-50)31-51-58-23-37(16-43)65-51/h32-38H,11-31H2,1-10H3. The van der Waals surface area contributed by atoms with Crippen molar-refractivity contribution in [3.63, 3.8) is 0 Å². The van der Waals surface area contributed by atoms with Crippen LogP contribution in [0.5, 0.6) is 0 Å². The Labute approximate surface area is 393 Å². The van der Waals surface area contributed by atoms with Gasteiger partial charge in [-0.15, -0.1) is 0 Å². The van der Waals surface area contributed by atoms with Crippen LogP contribution < -0.4 is 0 Å². The molecular formula is C44H79B7O14. The first kappa shape index (κ1) is 49.9. The molecule has 0 saturated carbocycles. The average molecular weight is 908 g/mol. The van der Waals surface area contributed by atoms with Gasteiger partial charge in [0.2, 0.25) is 0 Å². The fourth-order valence-electron chi connectivity index (χ4n) is 13.0. The second-order valence-electron chi connectivity index (χ2n) is 25.8. The van der Waals surface area contributed by atoms with Crippen LogP contribution in [0.15, 0.2) is 0 Å². The van der Waals surface area contributed by atoms with Gasteiger partial charge in [0, 0.05) is 0 Å². The molecule has 14 nitrogen and oxygen atoms in total. The van der Waals surface area contributed by atoms with Crippen molar-refractivity contribution in [3.05, 3.63) is 0 Å². The van der Waals surface area contributed by atoms with E-state index >= 15 is 0 Å². The molecule has 9 fully saturated rings. The molecule has 0 aliphatic carbocycles. The molecule has 9 atom stereocenters. The maximum atomic E-state index is 6.94. The Bertz CT molecular complexity index is 1400. The van der Waals surface area contributed by atoms with Gasteiger partial charge in [0.05, 0.1) is 89.0 Å². The summed E-state index contributed by atoms with van der Waals surface area (Å²) in [6.45, 7) is 26.8. The Balaban J connectivity index is 0.970. The van der Waals surface area contributed by atoms with Gasteiger partial charge in [-0.2, -0.15) is 0 Å². The third-order valence-electron chi connectivity index (χ3n) is 15.8. The van der Waals surface area contributed by atoms with E-state index in [1.165, 1.54) is 0 Å². The highest BCUT2D eigenvalue weighted by molar-refractivity contribution is 6.49. The fourth-order valence-corrected chi connectivity index (χ4v) is 13.0. The fraction of sp³-hybridized carbons (Fsp3) is 1.00. The minimum Gasteiger partial charge on any atom is -0.408 e. The molecule has 0 aromatic carbocycles. The van der Waals surface area contributed by atoms with E-state index in [2.05, 4.69) is 69.2 Å². The van der Waals surface area contributed by atoms with Crippen LogP contribution in [0.4, 0.5) is 0 Å². The number of hydrogen-bond donors (Lipinski definition) is 0. The summed E-state index contributed by atoms with van der Waals surface area (Å²) < 4.78 is 92.1. The Morgan fingerprint density at radius 3 is 0.754 bits per heavy atom. The molecule has 9 heterocycles. The van der Waals surface area contributed by atoms with Crippen LogP contribution in [0.3, 0.4) is 0 Å². The van der Waals surface area contributed by atoms with Crippen molar-refractivity contribution in [2.45, 2.75) is 201 Å². The molecule has 9 aliphatic rings. The number of fused-ring (bicyclic) bond motifs is 14. The molecule has 360 valence electrons. The van der Waals surface area contributed by atoms with Crippen molar-refractivity contribution in [3.8, 4) is 0 Å². The first-order valence-electron chi connectivity index (χ1n) is 25.5. The molecule has 16 bridgehead atoms. The maximum absolute atomic E-state index is 6.94. The second-order valence-corrected chi connectivity index (χ2v) is 25.8.